The molecule has 0 unspecified atom stereocenters. The van der Waals surface area contributed by atoms with Crippen molar-refractivity contribution >= 4 is 12.4 Å². The molecule has 1 fully saturated rings. The monoisotopic (exact) mass is 236 g/mol. The van der Waals surface area contributed by atoms with Gasteiger partial charge in [0.25, 0.3) is 0 Å². The minimum atomic E-state index is 0. The van der Waals surface area contributed by atoms with Gasteiger partial charge in [0.2, 0.25) is 0 Å². The van der Waals surface area contributed by atoms with E-state index in [0.717, 1.165) is 38.3 Å². The Morgan fingerprint density at radius 3 is 2.38 bits per heavy atom. The molecule has 2 nitrogen and oxygen atoms in total. The molecule has 1 aromatic carbocycles. The lowest BCUT2D eigenvalue weighted by Crippen LogP contribution is -2.42. The summed E-state index contributed by atoms with van der Waals surface area (Å²) in [5.41, 5.74) is 2.30. The number of nitrogens with zero attached hydrogens (tertiary/aromatic N) is 1. The summed E-state index contributed by atoms with van der Waals surface area (Å²) in [6.45, 7) is 5.51. The molecule has 0 radical (unpaired) electrons. The lowest BCUT2D eigenvalue weighted by molar-refractivity contribution is 0.233. The second kappa shape index (κ2) is 6.55. The van der Waals surface area contributed by atoms with Gasteiger partial charge in [-0.05, 0) is 17.7 Å². The van der Waals surface area contributed by atoms with E-state index in [0.29, 0.717) is 0 Å². The molecule has 3 heteroatoms. The van der Waals surface area contributed by atoms with Crippen molar-refractivity contribution in [2.24, 2.45) is 0 Å². The van der Waals surface area contributed by atoms with E-state index in [1.165, 1.54) is 5.56 Å². The van der Waals surface area contributed by atoms with Gasteiger partial charge in [0.15, 0.2) is 0 Å². The average molecular weight is 237 g/mol. The number of piperazine rings is 1. The molecular formula is C13H17ClN2. The van der Waals surface area contributed by atoms with Gasteiger partial charge >= 0.3 is 0 Å². The Hall–Kier alpha value is -1.01. The van der Waals surface area contributed by atoms with Crippen LogP contribution in [0.1, 0.15) is 11.1 Å². The van der Waals surface area contributed by atoms with Crippen molar-refractivity contribution in [1.82, 2.24) is 10.2 Å². The molecule has 0 amide bonds. The second-order valence-electron chi connectivity index (χ2n) is 3.87. The van der Waals surface area contributed by atoms with Crippen LogP contribution in [0.3, 0.4) is 0 Å². The fourth-order valence-corrected chi connectivity index (χ4v) is 1.83. The van der Waals surface area contributed by atoms with E-state index in [1.807, 2.05) is 12.1 Å². The molecule has 1 aliphatic heterocycles. The smallest absolute Gasteiger partial charge is 0.0242 e. The molecule has 0 spiro atoms. The normalized spacial score (nSPS) is 16.2. The van der Waals surface area contributed by atoms with Crippen LogP contribution in [0.2, 0.25) is 0 Å². The second-order valence-corrected chi connectivity index (χ2v) is 3.87. The van der Waals surface area contributed by atoms with Gasteiger partial charge in [-0.1, -0.05) is 18.1 Å². The van der Waals surface area contributed by atoms with Crippen LogP contribution in [0.25, 0.3) is 0 Å². The lowest BCUT2D eigenvalue weighted by Gasteiger charge is -2.27. The molecule has 0 saturated carbocycles. The lowest BCUT2D eigenvalue weighted by atomic mass is 10.1. The topological polar surface area (TPSA) is 15.3 Å². The maximum absolute atomic E-state index is 5.32. The predicted molar refractivity (Wildman–Crippen MR) is 69.8 cm³/mol. The first-order valence-corrected chi connectivity index (χ1v) is 5.37. The molecular weight excluding hydrogens is 220 g/mol. The first-order chi connectivity index (χ1) is 7.38. The van der Waals surface area contributed by atoms with Crippen molar-refractivity contribution in [3.8, 4) is 12.3 Å². The predicted octanol–water partition coefficient (Wildman–Crippen LogP) is 1.49. The summed E-state index contributed by atoms with van der Waals surface area (Å²) in [5.74, 6) is 2.63. The van der Waals surface area contributed by atoms with Crippen molar-refractivity contribution in [3.05, 3.63) is 35.4 Å². The zero-order chi connectivity index (χ0) is 10.5. The quantitative estimate of drug-likeness (QED) is 0.783. The summed E-state index contributed by atoms with van der Waals surface area (Å²) < 4.78 is 0. The highest BCUT2D eigenvalue weighted by atomic mass is 35.5. The van der Waals surface area contributed by atoms with E-state index in [4.69, 9.17) is 6.42 Å². The standard InChI is InChI=1S/C13H16N2.ClH/c1-2-12-3-5-13(6-4-12)11-15-9-7-14-8-10-15;/h1,3-6,14H,7-11H2;1H. The SMILES string of the molecule is C#Cc1ccc(CN2CCNCC2)cc1.Cl. The van der Waals surface area contributed by atoms with Gasteiger partial charge in [-0.15, -0.1) is 18.8 Å². The largest absolute Gasteiger partial charge is 0.314 e. The minimum absolute atomic E-state index is 0. The van der Waals surface area contributed by atoms with E-state index in [2.05, 4.69) is 28.3 Å². The number of halogens is 1. The summed E-state index contributed by atoms with van der Waals surface area (Å²) in [6.07, 6.45) is 5.32. The molecule has 0 atom stereocenters. The van der Waals surface area contributed by atoms with Crippen LogP contribution in [0, 0.1) is 12.3 Å². The van der Waals surface area contributed by atoms with Crippen LogP contribution in [-0.4, -0.2) is 31.1 Å². The maximum Gasteiger partial charge on any atom is 0.0242 e. The van der Waals surface area contributed by atoms with E-state index < -0.39 is 0 Å². The van der Waals surface area contributed by atoms with Crippen LogP contribution in [0.5, 0.6) is 0 Å². The van der Waals surface area contributed by atoms with Crippen LogP contribution in [0.4, 0.5) is 0 Å². The fourth-order valence-electron chi connectivity index (χ4n) is 1.83. The highest BCUT2D eigenvalue weighted by Crippen LogP contribution is 2.07. The van der Waals surface area contributed by atoms with Gasteiger partial charge in [0.05, 0.1) is 0 Å². The number of hydrogen-bond donors (Lipinski definition) is 1. The molecule has 2 rings (SSSR count). The van der Waals surface area contributed by atoms with Gasteiger partial charge < -0.3 is 5.32 Å². The van der Waals surface area contributed by atoms with Crippen LogP contribution in [-0.2, 0) is 6.54 Å². The van der Waals surface area contributed by atoms with Crippen LogP contribution >= 0.6 is 12.4 Å². The van der Waals surface area contributed by atoms with E-state index in [9.17, 15) is 0 Å². The number of hydrogen-bond acceptors (Lipinski definition) is 2. The van der Waals surface area contributed by atoms with Gasteiger partial charge in [-0.3, -0.25) is 4.90 Å². The Balaban J connectivity index is 0.00000128. The number of nitrogens with one attached hydrogen (secondary N) is 1. The molecule has 16 heavy (non-hydrogen) atoms. The van der Waals surface area contributed by atoms with Crippen molar-refractivity contribution < 1.29 is 0 Å². The molecule has 0 aliphatic carbocycles. The number of rotatable bonds is 2. The summed E-state index contributed by atoms with van der Waals surface area (Å²) in [5, 5.41) is 3.35. The molecule has 86 valence electrons. The fraction of sp³-hybridized carbons (Fsp3) is 0.385. The Morgan fingerprint density at radius 1 is 1.19 bits per heavy atom. The van der Waals surface area contributed by atoms with Gasteiger partial charge in [0.1, 0.15) is 0 Å². The van der Waals surface area contributed by atoms with E-state index >= 15 is 0 Å². The van der Waals surface area contributed by atoms with Gasteiger partial charge in [-0.2, -0.15) is 0 Å². The van der Waals surface area contributed by atoms with E-state index in [1.54, 1.807) is 0 Å². The van der Waals surface area contributed by atoms with Crippen molar-refractivity contribution in [2.75, 3.05) is 26.2 Å². The van der Waals surface area contributed by atoms with Crippen molar-refractivity contribution in [3.63, 3.8) is 0 Å². The zero-order valence-electron chi connectivity index (χ0n) is 9.28. The third-order valence-electron chi connectivity index (χ3n) is 2.74. The third-order valence-corrected chi connectivity index (χ3v) is 2.74. The molecule has 0 bridgehead atoms. The Morgan fingerprint density at radius 2 is 1.81 bits per heavy atom. The Kier molecular flexibility index (Phi) is 5.34. The summed E-state index contributed by atoms with van der Waals surface area (Å²) in [4.78, 5) is 2.46. The van der Waals surface area contributed by atoms with Crippen molar-refractivity contribution in [2.45, 2.75) is 6.54 Å². The first kappa shape index (κ1) is 13.1. The zero-order valence-corrected chi connectivity index (χ0v) is 10.1. The van der Waals surface area contributed by atoms with Crippen molar-refractivity contribution in [1.29, 1.82) is 0 Å². The molecule has 1 aromatic rings. The molecule has 1 aliphatic rings. The highest BCUT2D eigenvalue weighted by Gasteiger charge is 2.09. The van der Waals surface area contributed by atoms with E-state index in [-0.39, 0.29) is 12.4 Å². The highest BCUT2D eigenvalue weighted by molar-refractivity contribution is 5.85. The first-order valence-electron chi connectivity index (χ1n) is 5.37. The molecule has 1 N–H and O–H groups in total. The van der Waals surface area contributed by atoms with Gasteiger partial charge in [-0.25, -0.2) is 0 Å². The number of benzene rings is 1. The average Bonchev–Trinajstić information content (AvgIpc) is 2.31. The van der Waals surface area contributed by atoms with Crippen LogP contribution in [0.15, 0.2) is 24.3 Å². The Labute approximate surface area is 103 Å². The summed E-state index contributed by atoms with van der Waals surface area (Å²) in [6, 6.07) is 8.27. The molecule has 1 heterocycles. The Bertz CT molecular complexity index is 347. The third kappa shape index (κ3) is 3.53. The van der Waals surface area contributed by atoms with Crippen LogP contribution < -0.4 is 5.32 Å². The molecule has 0 aromatic heterocycles. The van der Waals surface area contributed by atoms with Gasteiger partial charge in [0, 0.05) is 38.3 Å². The summed E-state index contributed by atoms with van der Waals surface area (Å²) in [7, 11) is 0. The molecule has 1 saturated heterocycles. The minimum Gasteiger partial charge on any atom is -0.314 e. The maximum atomic E-state index is 5.32. The summed E-state index contributed by atoms with van der Waals surface area (Å²) >= 11 is 0. The number of terminal acetylenes is 1.